The summed E-state index contributed by atoms with van der Waals surface area (Å²) in [5.74, 6) is 0. The van der Waals surface area contributed by atoms with E-state index in [2.05, 4.69) is 20.2 Å². The minimum absolute atomic E-state index is 0. The number of nitrogens with zero attached hydrogens (tertiary/aromatic N) is 3. The van der Waals surface area contributed by atoms with E-state index in [-0.39, 0.29) is 30.1 Å². The average Bonchev–Trinajstić information content (AvgIpc) is 2.34. The van der Waals surface area contributed by atoms with Crippen molar-refractivity contribution in [2.24, 2.45) is 0 Å². The molecule has 72 valence electrons. The van der Waals surface area contributed by atoms with Crippen molar-refractivity contribution in [2.75, 3.05) is 0 Å². The number of nitrogens with one attached hydrogen (secondary N) is 1. The van der Waals surface area contributed by atoms with Gasteiger partial charge in [-0.15, -0.1) is 24.8 Å². The van der Waals surface area contributed by atoms with Crippen LogP contribution in [0.25, 0.3) is 11.0 Å². The van der Waals surface area contributed by atoms with Crippen molar-refractivity contribution in [2.45, 2.75) is 6.92 Å². The van der Waals surface area contributed by atoms with Crippen LogP contribution in [0.15, 0.2) is 6.20 Å². The first-order chi connectivity index (χ1) is 5.27. The Bertz CT molecular complexity index is 400. The predicted octanol–water partition coefficient (Wildman–Crippen LogP) is 2.16. The number of aromatic amines is 1. The highest BCUT2D eigenvalue weighted by Crippen LogP contribution is 2.13. The fourth-order valence-electron chi connectivity index (χ4n) is 0.945. The minimum Gasteiger partial charge on any atom is -0.261 e. The van der Waals surface area contributed by atoms with Crippen LogP contribution in [0.1, 0.15) is 5.69 Å². The quantitative estimate of drug-likeness (QED) is 0.719. The van der Waals surface area contributed by atoms with E-state index in [1.807, 2.05) is 6.92 Å². The third-order valence-corrected chi connectivity index (χ3v) is 1.64. The first kappa shape index (κ1) is 12.4. The van der Waals surface area contributed by atoms with Crippen molar-refractivity contribution < 1.29 is 0 Å². The summed E-state index contributed by atoms with van der Waals surface area (Å²) >= 11 is 5.61. The Hall–Kier alpha value is -0.580. The molecule has 0 atom stereocenters. The van der Waals surface area contributed by atoms with Crippen molar-refractivity contribution in [3.63, 3.8) is 0 Å². The van der Waals surface area contributed by atoms with Gasteiger partial charge in [0.1, 0.15) is 0 Å². The zero-order valence-electron chi connectivity index (χ0n) is 6.61. The van der Waals surface area contributed by atoms with Crippen LogP contribution in [0.4, 0.5) is 0 Å². The van der Waals surface area contributed by atoms with Crippen molar-refractivity contribution in [3.8, 4) is 0 Å². The highest BCUT2D eigenvalue weighted by atomic mass is 35.5. The van der Waals surface area contributed by atoms with Gasteiger partial charge in [0.05, 0.1) is 17.3 Å². The smallest absolute Gasteiger partial charge is 0.224 e. The van der Waals surface area contributed by atoms with Crippen molar-refractivity contribution in [1.29, 1.82) is 0 Å². The van der Waals surface area contributed by atoms with Gasteiger partial charge in [-0.05, 0) is 18.5 Å². The van der Waals surface area contributed by atoms with E-state index in [0.29, 0.717) is 5.65 Å². The van der Waals surface area contributed by atoms with Gasteiger partial charge in [0, 0.05) is 0 Å². The molecular formula is C6H7Cl3N4. The van der Waals surface area contributed by atoms with Crippen LogP contribution in [0, 0.1) is 6.92 Å². The normalized spacial score (nSPS) is 9.08. The molecule has 0 aliphatic heterocycles. The number of halogens is 3. The lowest BCUT2D eigenvalue weighted by atomic mass is 10.3. The van der Waals surface area contributed by atoms with Gasteiger partial charge in [-0.3, -0.25) is 5.10 Å². The van der Waals surface area contributed by atoms with Crippen LogP contribution in [-0.4, -0.2) is 20.2 Å². The van der Waals surface area contributed by atoms with Crippen LogP contribution in [0.5, 0.6) is 0 Å². The second kappa shape index (κ2) is 4.60. The Labute approximate surface area is 91.9 Å². The molecule has 0 spiro atoms. The molecule has 0 saturated carbocycles. The van der Waals surface area contributed by atoms with Crippen LogP contribution in [0.3, 0.4) is 0 Å². The van der Waals surface area contributed by atoms with Gasteiger partial charge in [-0.1, -0.05) is 0 Å². The molecule has 0 aromatic carbocycles. The fraction of sp³-hybridized carbons (Fsp3) is 0.167. The maximum Gasteiger partial charge on any atom is 0.224 e. The summed E-state index contributed by atoms with van der Waals surface area (Å²) in [6.07, 6.45) is 1.68. The first-order valence-corrected chi connectivity index (χ1v) is 3.48. The van der Waals surface area contributed by atoms with Crippen LogP contribution >= 0.6 is 36.4 Å². The molecule has 0 bridgehead atoms. The lowest BCUT2D eigenvalue weighted by molar-refractivity contribution is 1.08. The maximum atomic E-state index is 5.61. The monoisotopic (exact) mass is 240 g/mol. The van der Waals surface area contributed by atoms with Gasteiger partial charge in [0.25, 0.3) is 0 Å². The number of rotatable bonds is 0. The summed E-state index contributed by atoms with van der Waals surface area (Å²) in [5, 5.41) is 7.69. The molecule has 2 aromatic heterocycles. The lowest BCUT2D eigenvalue weighted by Gasteiger charge is -1.92. The lowest BCUT2D eigenvalue weighted by Crippen LogP contribution is -1.87. The SMILES string of the molecule is Cc1nc(Cl)nc2[nH]ncc12.Cl.Cl. The highest BCUT2D eigenvalue weighted by Gasteiger charge is 2.02. The standard InChI is InChI=1S/C6H5ClN4.2ClH/c1-3-4-2-8-11-5(4)10-6(7)9-3;;/h2H,1H3,(H,8,9,10,11);2*1H. The Balaban J connectivity index is 0.000000720. The van der Waals surface area contributed by atoms with Crippen LogP contribution in [-0.2, 0) is 0 Å². The summed E-state index contributed by atoms with van der Waals surface area (Å²) < 4.78 is 0. The average molecular weight is 242 g/mol. The fourth-order valence-corrected chi connectivity index (χ4v) is 1.16. The van der Waals surface area contributed by atoms with E-state index in [9.17, 15) is 0 Å². The number of fused-ring (bicyclic) bond motifs is 1. The van der Waals surface area contributed by atoms with E-state index in [1.165, 1.54) is 0 Å². The largest absolute Gasteiger partial charge is 0.261 e. The summed E-state index contributed by atoms with van der Waals surface area (Å²) in [6, 6.07) is 0. The van der Waals surface area contributed by atoms with E-state index in [1.54, 1.807) is 6.20 Å². The molecule has 2 heterocycles. The molecular weight excluding hydrogens is 234 g/mol. The number of hydrogen-bond donors (Lipinski definition) is 1. The topological polar surface area (TPSA) is 54.5 Å². The molecule has 2 rings (SSSR count). The molecule has 0 fully saturated rings. The molecule has 7 heteroatoms. The van der Waals surface area contributed by atoms with Gasteiger partial charge in [0.15, 0.2) is 5.65 Å². The van der Waals surface area contributed by atoms with E-state index in [4.69, 9.17) is 11.6 Å². The Kier molecular flexibility index (Phi) is 4.39. The summed E-state index contributed by atoms with van der Waals surface area (Å²) in [7, 11) is 0. The predicted molar refractivity (Wildman–Crippen MR) is 55.9 cm³/mol. The van der Waals surface area contributed by atoms with E-state index in [0.717, 1.165) is 11.1 Å². The van der Waals surface area contributed by atoms with E-state index >= 15 is 0 Å². The molecule has 0 aliphatic carbocycles. The molecule has 0 unspecified atom stereocenters. The molecule has 1 N–H and O–H groups in total. The molecule has 2 aromatic rings. The second-order valence-electron chi connectivity index (χ2n) is 2.21. The summed E-state index contributed by atoms with van der Waals surface area (Å²) in [6.45, 7) is 1.87. The third kappa shape index (κ3) is 2.21. The zero-order chi connectivity index (χ0) is 7.84. The Morgan fingerprint density at radius 3 is 2.69 bits per heavy atom. The number of hydrogen-bond acceptors (Lipinski definition) is 3. The first-order valence-electron chi connectivity index (χ1n) is 3.10. The molecule has 0 aliphatic rings. The number of aromatic nitrogens is 4. The van der Waals surface area contributed by atoms with Crippen LogP contribution in [0.2, 0.25) is 5.28 Å². The van der Waals surface area contributed by atoms with Crippen LogP contribution < -0.4 is 0 Å². The molecule has 13 heavy (non-hydrogen) atoms. The van der Waals surface area contributed by atoms with Gasteiger partial charge in [-0.25, -0.2) is 4.98 Å². The summed E-state index contributed by atoms with van der Waals surface area (Å²) in [4.78, 5) is 7.90. The highest BCUT2D eigenvalue weighted by molar-refractivity contribution is 6.28. The zero-order valence-corrected chi connectivity index (χ0v) is 9.00. The Morgan fingerprint density at radius 2 is 2.00 bits per heavy atom. The van der Waals surface area contributed by atoms with Gasteiger partial charge < -0.3 is 0 Å². The van der Waals surface area contributed by atoms with E-state index < -0.39 is 0 Å². The van der Waals surface area contributed by atoms with Crippen molar-refractivity contribution in [1.82, 2.24) is 20.2 Å². The van der Waals surface area contributed by atoms with Gasteiger partial charge in [0.2, 0.25) is 5.28 Å². The Morgan fingerprint density at radius 1 is 1.31 bits per heavy atom. The summed E-state index contributed by atoms with van der Waals surface area (Å²) in [5.41, 5.74) is 1.52. The van der Waals surface area contributed by atoms with Gasteiger partial charge >= 0.3 is 0 Å². The third-order valence-electron chi connectivity index (χ3n) is 1.47. The number of H-pyrrole nitrogens is 1. The number of aryl methyl sites for hydroxylation is 1. The second-order valence-corrected chi connectivity index (χ2v) is 2.55. The minimum atomic E-state index is 0. The molecule has 0 radical (unpaired) electrons. The molecule has 0 saturated heterocycles. The van der Waals surface area contributed by atoms with Gasteiger partial charge in [-0.2, -0.15) is 10.1 Å². The molecule has 4 nitrogen and oxygen atoms in total. The van der Waals surface area contributed by atoms with Crippen molar-refractivity contribution >= 4 is 47.4 Å². The maximum absolute atomic E-state index is 5.61. The van der Waals surface area contributed by atoms with Crippen molar-refractivity contribution in [3.05, 3.63) is 17.2 Å². The molecule has 0 amide bonds.